The van der Waals surface area contributed by atoms with Crippen LogP contribution < -0.4 is 10.2 Å². The standard InChI is InChI=1S/C17H22N4O/c1-13(12-20-10-5-9-18-20)19-14(2)17(22)21-11-8-15-6-3-4-7-16(15)21/h3-7,9-10,13-14,19H,8,11-12H2,1-2H3/t13-,14+/m1/s1. The van der Waals surface area contributed by atoms with Crippen LogP contribution in [0, 0.1) is 0 Å². The highest BCUT2D eigenvalue weighted by Crippen LogP contribution is 2.27. The number of anilines is 1. The van der Waals surface area contributed by atoms with Crippen molar-refractivity contribution in [1.29, 1.82) is 0 Å². The zero-order valence-electron chi connectivity index (χ0n) is 13.1. The third kappa shape index (κ3) is 3.04. The van der Waals surface area contributed by atoms with E-state index in [4.69, 9.17) is 0 Å². The molecule has 2 heterocycles. The predicted octanol–water partition coefficient (Wildman–Crippen LogP) is 1.84. The third-order valence-corrected chi connectivity index (χ3v) is 4.08. The van der Waals surface area contributed by atoms with Gasteiger partial charge in [-0.1, -0.05) is 18.2 Å². The summed E-state index contributed by atoms with van der Waals surface area (Å²) in [6.07, 6.45) is 4.64. The molecule has 2 aromatic rings. The molecule has 1 amide bonds. The number of amides is 1. The Labute approximate surface area is 130 Å². The molecular formula is C17H22N4O. The van der Waals surface area contributed by atoms with Crippen molar-refractivity contribution in [3.8, 4) is 0 Å². The molecule has 0 radical (unpaired) electrons. The van der Waals surface area contributed by atoms with Crippen molar-refractivity contribution >= 4 is 11.6 Å². The molecule has 1 N–H and O–H groups in total. The molecule has 5 heteroatoms. The minimum absolute atomic E-state index is 0.136. The number of para-hydroxylation sites is 1. The minimum Gasteiger partial charge on any atom is -0.310 e. The number of aromatic nitrogens is 2. The molecule has 1 aromatic carbocycles. The predicted molar refractivity (Wildman–Crippen MR) is 86.8 cm³/mol. The van der Waals surface area contributed by atoms with Crippen molar-refractivity contribution in [2.45, 2.75) is 38.9 Å². The fourth-order valence-corrected chi connectivity index (χ4v) is 3.04. The highest BCUT2D eigenvalue weighted by molar-refractivity contribution is 5.98. The van der Waals surface area contributed by atoms with Gasteiger partial charge in [0, 0.05) is 30.7 Å². The molecule has 0 aliphatic carbocycles. The molecule has 0 bridgehead atoms. The van der Waals surface area contributed by atoms with Crippen LogP contribution in [0.5, 0.6) is 0 Å². The average Bonchev–Trinajstić information content (AvgIpc) is 3.15. The number of nitrogens with zero attached hydrogens (tertiary/aromatic N) is 3. The van der Waals surface area contributed by atoms with Crippen LogP contribution in [-0.4, -0.2) is 34.3 Å². The van der Waals surface area contributed by atoms with Crippen LogP contribution in [0.2, 0.25) is 0 Å². The van der Waals surface area contributed by atoms with Gasteiger partial charge in [-0.3, -0.25) is 9.48 Å². The fraction of sp³-hybridized carbons (Fsp3) is 0.412. The number of fused-ring (bicyclic) bond motifs is 1. The molecule has 22 heavy (non-hydrogen) atoms. The minimum atomic E-state index is -0.211. The molecule has 0 saturated carbocycles. The molecule has 0 unspecified atom stereocenters. The van der Waals surface area contributed by atoms with Gasteiger partial charge < -0.3 is 10.2 Å². The van der Waals surface area contributed by atoms with E-state index >= 15 is 0 Å². The van der Waals surface area contributed by atoms with Crippen molar-refractivity contribution in [2.24, 2.45) is 0 Å². The highest BCUT2D eigenvalue weighted by Gasteiger charge is 2.28. The molecule has 2 atom stereocenters. The largest absolute Gasteiger partial charge is 0.310 e. The number of hydrogen-bond donors (Lipinski definition) is 1. The average molecular weight is 298 g/mol. The summed E-state index contributed by atoms with van der Waals surface area (Å²) >= 11 is 0. The van der Waals surface area contributed by atoms with Crippen molar-refractivity contribution in [3.05, 3.63) is 48.3 Å². The van der Waals surface area contributed by atoms with Crippen molar-refractivity contribution in [3.63, 3.8) is 0 Å². The lowest BCUT2D eigenvalue weighted by Crippen LogP contribution is -2.48. The molecule has 1 aliphatic heterocycles. The summed E-state index contributed by atoms with van der Waals surface area (Å²) in [7, 11) is 0. The first kappa shape index (κ1) is 14.8. The van der Waals surface area contributed by atoms with E-state index in [1.165, 1.54) is 5.56 Å². The SMILES string of the molecule is C[C@H](Cn1cccn1)N[C@@H](C)C(=O)N1CCc2ccccc21. The van der Waals surface area contributed by atoms with Gasteiger partial charge in [0.05, 0.1) is 12.6 Å². The van der Waals surface area contributed by atoms with Gasteiger partial charge in [0.15, 0.2) is 0 Å². The van der Waals surface area contributed by atoms with Crippen molar-refractivity contribution in [2.75, 3.05) is 11.4 Å². The molecule has 0 saturated heterocycles. The molecular weight excluding hydrogens is 276 g/mol. The second-order valence-electron chi connectivity index (χ2n) is 5.89. The van der Waals surface area contributed by atoms with Gasteiger partial charge in [0.25, 0.3) is 0 Å². The Morgan fingerprint density at radius 2 is 2.14 bits per heavy atom. The molecule has 0 spiro atoms. The Morgan fingerprint density at radius 1 is 1.32 bits per heavy atom. The zero-order chi connectivity index (χ0) is 15.5. The molecule has 5 nitrogen and oxygen atoms in total. The maximum Gasteiger partial charge on any atom is 0.243 e. The quantitative estimate of drug-likeness (QED) is 0.916. The molecule has 0 fully saturated rings. The van der Waals surface area contributed by atoms with E-state index in [0.717, 1.165) is 25.2 Å². The number of benzene rings is 1. The number of carbonyl (C=O) groups is 1. The first-order valence-electron chi connectivity index (χ1n) is 7.78. The van der Waals surface area contributed by atoms with Crippen molar-refractivity contribution < 1.29 is 4.79 Å². The number of carbonyl (C=O) groups excluding carboxylic acids is 1. The van der Waals surface area contributed by atoms with E-state index in [-0.39, 0.29) is 18.0 Å². The molecule has 1 aromatic heterocycles. The second kappa shape index (κ2) is 6.32. The van der Waals surface area contributed by atoms with Gasteiger partial charge >= 0.3 is 0 Å². The van der Waals surface area contributed by atoms with Crippen LogP contribution in [0.15, 0.2) is 42.7 Å². The summed E-state index contributed by atoms with van der Waals surface area (Å²) in [5.41, 5.74) is 2.31. The lowest BCUT2D eigenvalue weighted by atomic mass is 10.2. The van der Waals surface area contributed by atoms with E-state index in [9.17, 15) is 4.79 Å². The third-order valence-electron chi connectivity index (χ3n) is 4.08. The smallest absolute Gasteiger partial charge is 0.243 e. The maximum absolute atomic E-state index is 12.7. The van der Waals surface area contributed by atoms with Crippen LogP contribution >= 0.6 is 0 Å². The van der Waals surface area contributed by atoms with Gasteiger partial charge in [-0.15, -0.1) is 0 Å². The van der Waals surface area contributed by atoms with Crippen LogP contribution in [-0.2, 0) is 17.8 Å². The van der Waals surface area contributed by atoms with Gasteiger partial charge in [-0.2, -0.15) is 5.10 Å². The Bertz CT molecular complexity index is 638. The summed E-state index contributed by atoms with van der Waals surface area (Å²) < 4.78 is 1.88. The van der Waals surface area contributed by atoms with E-state index < -0.39 is 0 Å². The van der Waals surface area contributed by atoms with E-state index in [0.29, 0.717) is 0 Å². The van der Waals surface area contributed by atoms with Crippen molar-refractivity contribution in [1.82, 2.24) is 15.1 Å². The first-order valence-corrected chi connectivity index (χ1v) is 7.78. The first-order chi connectivity index (χ1) is 10.6. The van der Waals surface area contributed by atoms with Crippen LogP contribution in [0.25, 0.3) is 0 Å². The fourth-order valence-electron chi connectivity index (χ4n) is 3.04. The summed E-state index contributed by atoms with van der Waals surface area (Å²) in [6.45, 7) is 5.53. The second-order valence-corrected chi connectivity index (χ2v) is 5.89. The summed E-state index contributed by atoms with van der Waals surface area (Å²) in [4.78, 5) is 14.6. The number of hydrogen-bond acceptors (Lipinski definition) is 3. The molecule has 1 aliphatic rings. The maximum atomic E-state index is 12.7. The van der Waals surface area contributed by atoms with Gasteiger partial charge in [0.2, 0.25) is 5.91 Å². The van der Waals surface area contributed by atoms with E-state index in [1.807, 2.05) is 47.0 Å². The van der Waals surface area contributed by atoms with Crippen LogP contribution in [0.4, 0.5) is 5.69 Å². The Kier molecular flexibility index (Phi) is 4.24. The van der Waals surface area contributed by atoms with Gasteiger partial charge in [0.1, 0.15) is 0 Å². The van der Waals surface area contributed by atoms with Crippen LogP contribution in [0.1, 0.15) is 19.4 Å². The number of nitrogens with one attached hydrogen (secondary N) is 1. The normalized spacial score (nSPS) is 16.4. The lowest BCUT2D eigenvalue weighted by molar-refractivity contribution is -0.120. The lowest BCUT2D eigenvalue weighted by Gasteiger charge is -2.25. The highest BCUT2D eigenvalue weighted by atomic mass is 16.2. The van der Waals surface area contributed by atoms with E-state index in [1.54, 1.807) is 6.20 Å². The Morgan fingerprint density at radius 3 is 2.91 bits per heavy atom. The van der Waals surface area contributed by atoms with Crippen LogP contribution in [0.3, 0.4) is 0 Å². The molecule has 116 valence electrons. The summed E-state index contributed by atoms with van der Waals surface area (Å²) in [6, 6.07) is 10.0. The summed E-state index contributed by atoms with van der Waals surface area (Å²) in [5.74, 6) is 0.136. The van der Waals surface area contributed by atoms with Gasteiger partial charge in [-0.25, -0.2) is 0 Å². The topological polar surface area (TPSA) is 50.2 Å². The monoisotopic (exact) mass is 298 g/mol. The van der Waals surface area contributed by atoms with E-state index in [2.05, 4.69) is 23.4 Å². The zero-order valence-corrected chi connectivity index (χ0v) is 13.1. The molecule has 3 rings (SSSR count). The number of rotatable bonds is 5. The summed E-state index contributed by atoms with van der Waals surface area (Å²) in [5, 5.41) is 7.57. The Balaban J connectivity index is 1.60. The Hall–Kier alpha value is -2.14. The van der Waals surface area contributed by atoms with Gasteiger partial charge in [-0.05, 0) is 38.0 Å².